The van der Waals surface area contributed by atoms with E-state index in [0.717, 1.165) is 6.54 Å². The van der Waals surface area contributed by atoms with E-state index in [1.807, 2.05) is 10.9 Å². The Morgan fingerprint density at radius 3 is 2.81 bits per heavy atom. The summed E-state index contributed by atoms with van der Waals surface area (Å²) in [6.07, 6.45) is 7.76. The van der Waals surface area contributed by atoms with Crippen molar-refractivity contribution < 1.29 is 0 Å². The number of hydrogen-bond acceptors (Lipinski definition) is 2. The molecule has 1 aromatic heterocycles. The van der Waals surface area contributed by atoms with E-state index in [-0.39, 0.29) is 0 Å². The smallest absolute Gasteiger partial charge is 0.0568 e. The van der Waals surface area contributed by atoms with E-state index in [4.69, 9.17) is 0 Å². The first-order valence-electron chi connectivity index (χ1n) is 8.15. The number of benzene rings is 1. The van der Waals surface area contributed by atoms with Gasteiger partial charge >= 0.3 is 0 Å². The topological polar surface area (TPSA) is 21.1 Å². The highest BCUT2D eigenvalue weighted by molar-refractivity contribution is 5.69. The summed E-state index contributed by atoms with van der Waals surface area (Å²) in [6.45, 7) is 8.83. The molecule has 3 nitrogen and oxygen atoms in total. The van der Waals surface area contributed by atoms with Crippen molar-refractivity contribution in [2.45, 2.75) is 52.6 Å². The van der Waals surface area contributed by atoms with Crippen molar-refractivity contribution in [2.75, 3.05) is 11.4 Å². The second-order valence-corrected chi connectivity index (χ2v) is 5.98. The Morgan fingerprint density at radius 2 is 2.10 bits per heavy atom. The average molecular weight is 283 g/mol. The van der Waals surface area contributed by atoms with Crippen LogP contribution in [-0.2, 0) is 13.0 Å². The van der Waals surface area contributed by atoms with Gasteiger partial charge in [0.1, 0.15) is 0 Å². The van der Waals surface area contributed by atoms with Gasteiger partial charge in [0, 0.05) is 36.6 Å². The minimum Gasteiger partial charge on any atom is -0.369 e. The van der Waals surface area contributed by atoms with Crippen molar-refractivity contribution in [1.29, 1.82) is 0 Å². The zero-order valence-electron chi connectivity index (χ0n) is 13.3. The summed E-state index contributed by atoms with van der Waals surface area (Å²) < 4.78 is 1.99. The molecular formula is C18H25N3. The molecule has 1 aliphatic rings. The lowest BCUT2D eigenvalue weighted by molar-refractivity contribution is 0.580. The van der Waals surface area contributed by atoms with Crippen molar-refractivity contribution in [1.82, 2.24) is 9.78 Å². The number of aryl methyl sites for hydroxylation is 2. The standard InChI is InChI=1S/C18H25N3/c1-4-14(3)21-10-6-7-16-11-15(8-9-18(16)21)17-12-19-20(5-2)13-17/h8-9,11-14H,4-7,10H2,1-3H3. The largest absolute Gasteiger partial charge is 0.369 e. The highest BCUT2D eigenvalue weighted by Gasteiger charge is 2.20. The normalized spacial score (nSPS) is 15.9. The van der Waals surface area contributed by atoms with Crippen LogP contribution in [0.25, 0.3) is 11.1 Å². The fraction of sp³-hybridized carbons (Fsp3) is 0.500. The van der Waals surface area contributed by atoms with E-state index in [2.05, 4.69) is 55.2 Å². The number of aromatic nitrogens is 2. The van der Waals surface area contributed by atoms with Crippen molar-refractivity contribution >= 4 is 5.69 Å². The number of hydrogen-bond donors (Lipinski definition) is 0. The Balaban J connectivity index is 1.94. The maximum absolute atomic E-state index is 4.39. The molecule has 3 rings (SSSR count). The second-order valence-electron chi connectivity index (χ2n) is 5.98. The van der Waals surface area contributed by atoms with Crippen molar-refractivity contribution in [3.05, 3.63) is 36.2 Å². The summed E-state index contributed by atoms with van der Waals surface area (Å²) in [5, 5.41) is 4.39. The molecule has 1 aromatic carbocycles. The van der Waals surface area contributed by atoms with Gasteiger partial charge in [-0.2, -0.15) is 5.10 Å². The molecule has 2 aromatic rings. The molecule has 21 heavy (non-hydrogen) atoms. The van der Waals surface area contributed by atoms with Crippen LogP contribution in [0.1, 0.15) is 39.2 Å². The summed E-state index contributed by atoms with van der Waals surface area (Å²) in [5.41, 5.74) is 5.44. The maximum atomic E-state index is 4.39. The predicted molar refractivity (Wildman–Crippen MR) is 88.8 cm³/mol. The first-order chi connectivity index (χ1) is 10.2. The molecule has 0 spiro atoms. The highest BCUT2D eigenvalue weighted by atomic mass is 15.3. The molecule has 0 bridgehead atoms. The summed E-state index contributed by atoms with van der Waals surface area (Å²) in [5.74, 6) is 0. The molecule has 0 amide bonds. The molecule has 1 atom stereocenters. The van der Waals surface area contributed by atoms with Gasteiger partial charge in [-0.15, -0.1) is 0 Å². The van der Waals surface area contributed by atoms with Crippen LogP contribution in [0.2, 0.25) is 0 Å². The maximum Gasteiger partial charge on any atom is 0.0568 e. The lowest BCUT2D eigenvalue weighted by Gasteiger charge is -2.36. The summed E-state index contributed by atoms with van der Waals surface area (Å²) in [6, 6.07) is 7.54. The zero-order chi connectivity index (χ0) is 14.8. The molecule has 0 saturated carbocycles. The Hall–Kier alpha value is -1.77. The van der Waals surface area contributed by atoms with Crippen molar-refractivity contribution in [3.8, 4) is 11.1 Å². The van der Waals surface area contributed by atoms with Crippen LogP contribution < -0.4 is 4.90 Å². The van der Waals surface area contributed by atoms with Gasteiger partial charge in [0.15, 0.2) is 0 Å². The van der Waals surface area contributed by atoms with Gasteiger partial charge in [-0.1, -0.05) is 13.0 Å². The lowest BCUT2D eigenvalue weighted by Crippen LogP contribution is -2.36. The monoisotopic (exact) mass is 283 g/mol. The van der Waals surface area contributed by atoms with Crippen LogP contribution in [0.4, 0.5) is 5.69 Å². The molecule has 0 saturated heterocycles. The van der Waals surface area contributed by atoms with E-state index in [1.54, 1.807) is 0 Å². The molecule has 0 N–H and O–H groups in total. The Labute approximate surface area is 127 Å². The Bertz CT molecular complexity index is 615. The van der Waals surface area contributed by atoms with Crippen molar-refractivity contribution in [3.63, 3.8) is 0 Å². The van der Waals surface area contributed by atoms with Gasteiger partial charge in [-0.3, -0.25) is 4.68 Å². The van der Waals surface area contributed by atoms with E-state index in [9.17, 15) is 0 Å². The Kier molecular flexibility index (Phi) is 4.00. The van der Waals surface area contributed by atoms with Crippen LogP contribution in [-0.4, -0.2) is 22.4 Å². The molecule has 0 fully saturated rings. The molecule has 0 radical (unpaired) electrons. The SMILES string of the molecule is CCC(C)N1CCCc2cc(-c3cnn(CC)c3)ccc21. The molecule has 0 aliphatic carbocycles. The molecule has 2 heterocycles. The third kappa shape index (κ3) is 2.69. The molecule has 1 aliphatic heterocycles. The summed E-state index contributed by atoms with van der Waals surface area (Å²) in [7, 11) is 0. The first-order valence-corrected chi connectivity index (χ1v) is 8.15. The van der Waals surface area contributed by atoms with E-state index < -0.39 is 0 Å². The van der Waals surface area contributed by atoms with Crippen LogP contribution >= 0.6 is 0 Å². The van der Waals surface area contributed by atoms with Gasteiger partial charge in [-0.05, 0) is 56.4 Å². The quantitative estimate of drug-likeness (QED) is 0.841. The molecule has 3 heteroatoms. The van der Waals surface area contributed by atoms with Gasteiger partial charge < -0.3 is 4.90 Å². The number of fused-ring (bicyclic) bond motifs is 1. The van der Waals surface area contributed by atoms with Crippen LogP contribution in [0.3, 0.4) is 0 Å². The second kappa shape index (κ2) is 5.92. The lowest BCUT2D eigenvalue weighted by atomic mass is 9.96. The number of nitrogens with zero attached hydrogens (tertiary/aromatic N) is 3. The van der Waals surface area contributed by atoms with E-state index in [0.29, 0.717) is 6.04 Å². The summed E-state index contributed by atoms with van der Waals surface area (Å²) in [4.78, 5) is 2.57. The van der Waals surface area contributed by atoms with Gasteiger partial charge in [0.2, 0.25) is 0 Å². The van der Waals surface area contributed by atoms with Gasteiger partial charge in [0.05, 0.1) is 6.20 Å². The molecular weight excluding hydrogens is 258 g/mol. The van der Waals surface area contributed by atoms with E-state index >= 15 is 0 Å². The van der Waals surface area contributed by atoms with Crippen LogP contribution in [0.5, 0.6) is 0 Å². The van der Waals surface area contributed by atoms with Crippen LogP contribution in [0, 0.1) is 0 Å². The number of anilines is 1. The summed E-state index contributed by atoms with van der Waals surface area (Å²) >= 11 is 0. The average Bonchev–Trinajstić information content (AvgIpc) is 3.02. The van der Waals surface area contributed by atoms with Crippen molar-refractivity contribution in [2.24, 2.45) is 0 Å². The molecule has 112 valence electrons. The minimum absolute atomic E-state index is 0.623. The fourth-order valence-corrected chi connectivity index (χ4v) is 3.17. The third-order valence-electron chi connectivity index (χ3n) is 4.65. The Morgan fingerprint density at radius 1 is 1.24 bits per heavy atom. The van der Waals surface area contributed by atoms with Gasteiger partial charge in [-0.25, -0.2) is 0 Å². The van der Waals surface area contributed by atoms with Gasteiger partial charge in [0.25, 0.3) is 0 Å². The fourth-order valence-electron chi connectivity index (χ4n) is 3.17. The number of rotatable bonds is 4. The highest BCUT2D eigenvalue weighted by Crippen LogP contribution is 2.33. The zero-order valence-corrected chi connectivity index (χ0v) is 13.3. The third-order valence-corrected chi connectivity index (χ3v) is 4.65. The first kappa shape index (κ1) is 14.2. The minimum atomic E-state index is 0.623. The predicted octanol–water partition coefficient (Wildman–Crippen LogP) is 4.12. The van der Waals surface area contributed by atoms with E-state index in [1.165, 1.54) is 48.2 Å². The molecule has 1 unspecified atom stereocenters. The van der Waals surface area contributed by atoms with Crippen LogP contribution in [0.15, 0.2) is 30.6 Å².